The Morgan fingerprint density at radius 1 is 0.587 bits per heavy atom. The fourth-order valence-electron chi connectivity index (χ4n) is 7.36. The van der Waals surface area contributed by atoms with Crippen molar-refractivity contribution in [3.63, 3.8) is 0 Å². The van der Waals surface area contributed by atoms with Gasteiger partial charge in [-0.15, -0.1) is 15.3 Å². The van der Waals surface area contributed by atoms with Crippen molar-refractivity contribution in [2.24, 2.45) is 20.5 Å². The molecule has 0 fully saturated rings. The van der Waals surface area contributed by atoms with E-state index in [9.17, 15) is 45.7 Å². The van der Waals surface area contributed by atoms with Crippen molar-refractivity contribution in [2.75, 3.05) is 24.9 Å². The number of phenolic OH excluding ortho intramolecular Hbond substituents is 1. The van der Waals surface area contributed by atoms with Crippen LogP contribution in [0.5, 0.6) is 23.0 Å². The zero-order valence-electron chi connectivity index (χ0n) is 40.2. The van der Waals surface area contributed by atoms with Crippen LogP contribution in [0.4, 0.5) is 34.1 Å². The van der Waals surface area contributed by atoms with E-state index in [1.54, 1.807) is 111 Å². The van der Waals surface area contributed by atoms with Crippen LogP contribution in [0, 0.1) is 0 Å². The molecule has 0 bridgehead atoms. The van der Waals surface area contributed by atoms with E-state index >= 15 is 0 Å². The number of carbonyl (C=O) groups excluding carboxylic acids is 2. The monoisotopic (exact) mass is 1210 g/mol. The number of rotatable bonds is 14. The summed E-state index contributed by atoms with van der Waals surface area (Å²) in [5, 5.41) is 47.5. The van der Waals surface area contributed by atoms with Gasteiger partial charge in [0.15, 0.2) is 5.75 Å². The summed E-state index contributed by atoms with van der Waals surface area (Å²) in [4.78, 5) is 24.9. The van der Waals surface area contributed by atoms with E-state index in [2.05, 4.69) is 31.1 Å². The first-order valence-electron chi connectivity index (χ1n) is 22.0. The second-order valence-electron chi connectivity index (χ2n) is 15.9. The van der Waals surface area contributed by atoms with Gasteiger partial charge in [-0.3, -0.25) is 14.1 Å². The number of anilines is 2. The first-order chi connectivity index (χ1) is 35.2. The maximum absolute atomic E-state index is 13.4. The molecule has 4 N–H and O–H groups in total. The summed E-state index contributed by atoms with van der Waals surface area (Å²) in [7, 11) is -6.58. The quantitative estimate of drug-likeness (QED) is 0.0449. The predicted molar refractivity (Wildman–Crippen MR) is 284 cm³/mol. The largest absolute Gasteiger partial charge is 2.00 e. The molecule has 8 rings (SSSR count). The Labute approximate surface area is 481 Å². The number of aromatic hydroxyl groups is 1. The van der Waals surface area contributed by atoms with Crippen molar-refractivity contribution in [1.82, 2.24) is 0 Å². The van der Waals surface area contributed by atoms with E-state index in [1.165, 1.54) is 50.6 Å². The molecule has 0 saturated carbocycles. The third kappa shape index (κ3) is 13.7. The number of hydrogen-bond donors (Lipinski definition) is 4. The van der Waals surface area contributed by atoms with Gasteiger partial charge in [-0.2, -0.15) is 13.5 Å². The summed E-state index contributed by atoms with van der Waals surface area (Å²) in [6.07, 6.45) is 0.900. The number of methoxy groups -OCH3 is 2. The normalized spacial score (nSPS) is 11.5. The molecule has 0 aliphatic rings. The van der Waals surface area contributed by atoms with Gasteiger partial charge >= 0.3 is 48.9 Å². The molecule has 18 nitrogen and oxygen atoms in total. The average Bonchev–Trinajstić information content (AvgIpc) is 3.38. The van der Waals surface area contributed by atoms with Crippen LogP contribution in [0.25, 0.3) is 21.5 Å². The Kier molecular flexibility index (Phi) is 19.3. The van der Waals surface area contributed by atoms with Gasteiger partial charge in [-0.1, -0.05) is 91.3 Å². The molecule has 0 atom stereocenters. The molecule has 75 heavy (non-hydrogen) atoms. The Morgan fingerprint density at radius 3 is 1.44 bits per heavy atom. The van der Waals surface area contributed by atoms with Crippen molar-refractivity contribution in [3.8, 4) is 23.0 Å². The minimum atomic E-state index is -4.95. The topological polar surface area (TPSA) is 281 Å². The molecule has 2 amide bonds. The van der Waals surface area contributed by atoms with E-state index in [0.29, 0.717) is 68.4 Å². The van der Waals surface area contributed by atoms with Gasteiger partial charge < -0.3 is 34.9 Å². The number of azo groups is 2. The van der Waals surface area contributed by atoms with Crippen LogP contribution in [0.15, 0.2) is 164 Å². The van der Waals surface area contributed by atoms with Gasteiger partial charge in [0.05, 0.1) is 40.4 Å². The molecule has 0 saturated heterocycles. The summed E-state index contributed by atoms with van der Waals surface area (Å²) in [5.41, 5.74) is 0.768. The van der Waals surface area contributed by atoms with Crippen molar-refractivity contribution < 1.29 is 55.2 Å². The Balaban J connectivity index is 0.000000241. The summed E-state index contributed by atoms with van der Waals surface area (Å²) in [5.74, 6) is -1.27. The van der Waals surface area contributed by atoms with Gasteiger partial charge in [-0.25, -0.2) is 8.42 Å². The van der Waals surface area contributed by atoms with Crippen LogP contribution in [0.3, 0.4) is 0 Å². The first kappa shape index (κ1) is 57.9. The Morgan fingerprint density at radius 2 is 0.987 bits per heavy atom. The molecule has 8 aromatic carbocycles. The van der Waals surface area contributed by atoms with Crippen LogP contribution >= 0.6 is 23.2 Å². The smallest absolute Gasteiger partial charge is 0.870 e. The van der Waals surface area contributed by atoms with E-state index in [1.807, 2.05) is 0 Å². The minimum absolute atomic E-state index is 0. The number of ether oxygens (including phenoxy) is 2. The molecule has 0 radical (unpaired) electrons. The minimum Gasteiger partial charge on any atom is -0.870 e. The SMILES string of the molecule is CCc1cc(Cl)c(N=Nc2c(O)c(C(=O)Nc3ccc(OC)cc3)cc3ccccc23)c(S(=O)(=O)O)c1.CCc1cc(Cl)c(N=Nc2c([O-])c(C(=O)Nc3ccc(OC)cc3)cc3ccccc23)c(S(=O)(=O)[O-])c1.[Ba+2]. The summed E-state index contributed by atoms with van der Waals surface area (Å²) in [6.45, 7) is 3.57. The van der Waals surface area contributed by atoms with Crippen LogP contribution in [0.2, 0.25) is 10.0 Å². The Bertz CT molecular complexity index is 3530. The second-order valence-corrected chi connectivity index (χ2v) is 19.5. The number of halogens is 2. The van der Waals surface area contributed by atoms with Gasteiger partial charge in [0.1, 0.15) is 43.6 Å². The molecular weight excluding hydrogens is 1170 g/mol. The molecule has 23 heteroatoms. The van der Waals surface area contributed by atoms with Crippen molar-refractivity contribution in [2.45, 2.75) is 36.5 Å². The van der Waals surface area contributed by atoms with Gasteiger partial charge in [0.2, 0.25) is 0 Å². The number of phenols is 1. The standard InChI is InChI=1S/2C26H22ClN3O6S.Ba/c2*1-3-15-12-21(27)24(22(13-15)37(33,34)35)30-29-23-19-7-5-4-6-16(19)14-20(25(23)31)26(32)28-17-8-10-18(36-2)11-9-17;/h2*4-14,31H,3H2,1-2H3,(H,28,32)(H,33,34,35);/q;;+2/p-2. The maximum Gasteiger partial charge on any atom is 2.00 e. The third-order valence-electron chi connectivity index (χ3n) is 11.2. The maximum atomic E-state index is 13.4. The number of benzene rings is 8. The molecular formula is C52H42BaCl2N6O12S2. The van der Waals surface area contributed by atoms with Gasteiger partial charge in [0.25, 0.3) is 21.9 Å². The number of carbonyl (C=O) groups is 2. The van der Waals surface area contributed by atoms with Crippen molar-refractivity contribution in [1.29, 1.82) is 0 Å². The van der Waals surface area contributed by atoms with E-state index in [4.69, 9.17) is 32.7 Å². The number of fused-ring (bicyclic) bond motifs is 2. The molecule has 0 aromatic heterocycles. The van der Waals surface area contributed by atoms with Crippen LogP contribution in [-0.2, 0) is 33.1 Å². The molecule has 380 valence electrons. The number of amides is 2. The van der Waals surface area contributed by atoms with Gasteiger partial charge in [0, 0.05) is 27.7 Å². The number of hydrogen-bond acceptors (Lipinski definition) is 15. The summed E-state index contributed by atoms with van der Waals surface area (Å²) < 4.78 is 79.6. The average molecular weight is 1220 g/mol. The fraction of sp³-hybridized carbons (Fsp3) is 0.115. The zero-order valence-corrected chi connectivity index (χ0v) is 47.7. The predicted octanol–water partition coefficient (Wildman–Crippen LogP) is 12.0. The van der Waals surface area contributed by atoms with Crippen LogP contribution in [0.1, 0.15) is 45.7 Å². The zero-order chi connectivity index (χ0) is 53.5. The second kappa shape index (κ2) is 25.0. The summed E-state index contributed by atoms with van der Waals surface area (Å²) in [6, 6.07) is 35.1. The molecule has 8 aromatic rings. The van der Waals surface area contributed by atoms with Gasteiger partial charge in [-0.05, 0) is 120 Å². The van der Waals surface area contributed by atoms with E-state index in [-0.39, 0.29) is 92.8 Å². The van der Waals surface area contributed by atoms with Crippen molar-refractivity contribution >= 4 is 160 Å². The molecule has 0 spiro atoms. The molecule has 0 unspecified atom stereocenters. The molecule has 0 heterocycles. The molecule has 0 aliphatic heterocycles. The fourth-order valence-corrected chi connectivity index (χ4v) is 9.41. The van der Waals surface area contributed by atoms with Crippen LogP contribution < -0.4 is 25.2 Å². The summed E-state index contributed by atoms with van der Waals surface area (Å²) >= 11 is 12.5. The number of nitrogens with zero attached hydrogens (tertiary/aromatic N) is 4. The Hall–Kier alpha value is -6.41. The van der Waals surface area contributed by atoms with Crippen molar-refractivity contribution in [3.05, 3.63) is 166 Å². The van der Waals surface area contributed by atoms with Crippen LogP contribution in [-0.4, -0.2) is 106 Å². The number of aryl methyl sites for hydroxylation is 2. The van der Waals surface area contributed by atoms with E-state index in [0.717, 1.165) is 0 Å². The van der Waals surface area contributed by atoms with E-state index < -0.39 is 53.3 Å². The third-order valence-corrected chi connectivity index (χ3v) is 13.5. The number of nitrogens with one attached hydrogen (secondary N) is 2. The first-order valence-corrected chi connectivity index (χ1v) is 25.6. The molecule has 0 aliphatic carbocycles.